The summed E-state index contributed by atoms with van der Waals surface area (Å²) < 4.78 is 0. The third kappa shape index (κ3) is 4.12. The first-order valence-corrected chi connectivity index (χ1v) is 12.7. The summed E-state index contributed by atoms with van der Waals surface area (Å²) in [5.74, 6) is -6.60. The van der Waals surface area contributed by atoms with Crippen LogP contribution in [0.4, 0.5) is 5.69 Å². The van der Waals surface area contributed by atoms with Gasteiger partial charge >= 0.3 is 0 Å². The standard InChI is InChI=1S/C28H36N4O7/c1-7-8-32(6)12-14-11-17(30(2)3)15-9-13-10-16-21(31(4)5)24(35)20(27(29)38)26(37)28(16,39)25(36)18(13)23(34)19(15)22(14)33/h7,11,13,16,21,33-34,37,39H,1,8-10,12H2,2-6H3,(H2,29,38)/t13-,16-,21-,28-/m0/s1. The second kappa shape index (κ2) is 9.82. The van der Waals surface area contributed by atoms with E-state index in [2.05, 4.69) is 6.58 Å². The number of rotatable bonds is 7. The van der Waals surface area contributed by atoms with Crippen molar-refractivity contribution in [3.8, 4) is 5.75 Å². The highest BCUT2D eigenvalue weighted by molar-refractivity contribution is 6.24. The molecule has 0 aromatic heterocycles. The molecule has 1 aromatic rings. The number of aromatic hydroxyl groups is 1. The van der Waals surface area contributed by atoms with Crippen LogP contribution in [-0.4, -0.2) is 101 Å². The fourth-order valence-electron chi connectivity index (χ4n) is 6.44. The van der Waals surface area contributed by atoms with Crippen molar-refractivity contribution >= 4 is 28.9 Å². The first-order valence-electron chi connectivity index (χ1n) is 12.7. The smallest absolute Gasteiger partial charge is 0.255 e. The van der Waals surface area contributed by atoms with E-state index in [9.17, 15) is 34.8 Å². The van der Waals surface area contributed by atoms with E-state index in [-0.39, 0.29) is 29.7 Å². The molecule has 11 heteroatoms. The quantitative estimate of drug-likeness (QED) is 0.245. The van der Waals surface area contributed by atoms with Gasteiger partial charge < -0.3 is 31.1 Å². The maximum Gasteiger partial charge on any atom is 0.255 e. The van der Waals surface area contributed by atoms with E-state index in [1.807, 2.05) is 37.0 Å². The van der Waals surface area contributed by atoms with Crippen LogP contribution < -0.4 is 10.6 Å². The van der Waals surface area contributed by atoms with Crippen molar-refractivity contribution in [2.75, 3.05) is 46.7 Å². The number of carbonyl (C=O) groups excluding carboxylic acids is 3. The second-order valence-electron chi connectivity index (χ2n) is 11.1. The van der Waals surface area contributed by atoms with Crippen LogP contribution in [-0.2, 0) is 27.3 Å². The van der Waals surface area contributed by atoms with Gasteiger partial charge in [-0.2, -0.15) is 0 Å². The number of carbonyl (C=O) groups is 3. The first kappa shape index (κ1) is 28.3. The van der Waals surface area contributed by atoms with Crippen LogP contribution >= 0.6 is 0 Å². The van der Waals surface area contributed by atoms with E-state index in [1.54, 1.807) is 20.2 Å². The van der Waals surface area contributed by atoms with Gasteiger partial charge in [0, 0.05) is 49.9 Å². The van der Waals surface area contributed by atoms with Gasteiger partial charge in [0.25, 0.3) is 5.91 Å². The van der Waals surface area contributed by atoms with Gasteiger partial charge in [-0.05, 0) is 51.5 Å². The number of primary amides is 1. The number of nitrogens with zero attached hydrogens (tertiary/aromatic N) is 3. The molecule has 0 spiro atoms. The van der Waals surface area contributed by atoms with Crippen molar-refractivity contribution in [3.63, 3.8) is 0 Å². The Kier molecular flexibility index (Phi) is 7.13. The molecule has 6 N–H and O–H groups in total. The van der Waals surface area contributed by atoms with Crippen molar-refractivity contribution in [2.24, 2.45) is 17.6 Å². The number of fused-ring (bicyclic) bond motifs is 3. The number of benzene rings is 1. The average Bonchev–Trinajstić information content (AvgIpc) is 2.82. The fraction of sp³-hybridized carbons (Fsp3) is 0.464. The molecule has 0 radical (unpaired) electrons. The molecular weight excluding hydrogens is 504 g/mol. The van der Waals surface area contributed by atoms with Gasteiger partial charge in [-0.25, -0.2) is 0 Å². The van der Waals surface area contributed by atoms with Gasteiger partial charge in [0.05, 0.1) is 11.6 Å². The minimum Gasteiger partial charge on any atom is -0.508 e. The van der Waals surface area contributed by atoms with Crippen LogP contribution in [0.1, 0.15) is 23.1 Å². The van der Waals surface area contributed by atoms with E-state index in [4.69, 9.17) is 5.73 Å². The van der Waals surface area contributed by atoms with E-state index < -0.39 is 58.0 Å². The molecule has 210 valence electrons. The number of phenolic OH excluding ortho intramolecular Hbond substituents is 1. The second-order valence-corrected chi connectivity index (χ2v) is 11.1. The monoisotopic (exact) mass is 540 g/mol. The number of aliphatic hydroxyl groups is 3. The summed E-state index contributed by atoms with van der Waals surface area (Å²) in [6, 6.07) is 0.722. The Balaban J connectivity index is 1.96. The zero-order valence-corrected chi connectivity index (χ0v) is 22.9. The lowest BCUT2D eigenvalue weighted by Crippen LogP contribution is -2.65. The Labute approximate surface area is 227 Å². The van der Waals surface area contributed by atoms with Crippen molar-refractivity contribution in [1.29, 1.82) is 0 Å². The molecule has 0 unspecified atom stereocenters. The molecule has 4 rings (SSSR count). The summed E-state index contributed by atoms with van der Waals surface area (Å²) in [4.78, 5) is 44.6. The Morgan fingerprint density at radius 3 is 2.36 bits per heavy atom. The molecule has 0 heterocycles. The average molecular weight is 541 g/mol. The number of Topliss-reactive ketones (excluding diaryl/α,β-unsaturated/α-hetero) is 2. The third-order valence-corrected chi connectivity index (χ3v) is 8.14. The topological polar surface area (TPSA) is 168 Å². The lowest BCUT2D eigenvalue weighted by molar-refractivity contribution is -0.153. The summed E-state index contributed by atoms with van der Waals surface area (Å²) in [5, 5.41) is 45.6. The molecule has 1 fully saturated rings. The Morgan fingerprint density at radius 1 is 1.18 bits per heavy atom. The molecule has 4 atom stereocenters. The van der Waals surface area contributed by atoms with Gasteiger partial charge in [-0.3, -0.25) is 24.2 Å². The summed E-state index contributed by atoms with van der Waals surface area (Å²) in [6.07, 6.45) is 2.00. The van der Waals surface area contributed by atoms with Crippen LogP contribution in [0.25, 0.3) is 5.76 Å². The summed E-state index contributed by atoms with van der Waals surface area (Å²) in [5.41, 5.74) is 3.68. The number of phenols is 1. The number of amides is 1. The van der Waals surface area contributed by atoms with Crippen molar-refractivity contribution in [2.45, 2.75) is 31.0 Å². The molecular formula is C28H36N4O7. The van der Waals surface area contributed by atoms with E-state index in [0.29, 0.717) is 24.2 Å². The van der Waals surface area contributed by atoms with Gasteiger partial charge in [0.1, 0.15) is 22.8 Å². The van der Waals surface area contributed by atoms with Gasteiger partial charge in [-0.15, -0.1) is 6.58 Å². The highest BCUT2D eigenvalue weighted by Gasteiger charge is 2.64. The minimum atomic E-state index is -2.66. The van der Waals surface area contributed by atoms with Crippen LogP contribution in [0.5, 0.6) is 5.75 Å². The number of ketones is 2. The summed E-state index contributed by atoms with van der Waals surface area (Å²) >= 11 is 0. The molecule has 3 aliphatic rings. The number of likely N-dealkylation sites (N-methyl/N-ethyl adjacent to an activating group) is 2. The Morgan fingerprint density at radius 2 is 1.82 bits per heavy atom. The molecule has 1 amide bonds. The summed E-state index contributed by atoms with van der Waals surface area (Å²) in [6.45, 7) is 4.61. The van der Waals surface area contributed by atoms with Gasteiger partial charge in [0.15, 0.2) is 11.4 Å². The molecule has 0 saturated heterocycles. The molecule has 0 aliphatic heterocycles. The van der Waals surface area contributed by atoms with Crippen molar-refractivity contribution in [3.05, 3.63) is 52.3 Å². The van der Waals surface area contributed by atoms with Crippen molar-refractivity contribution in [1.82, 2.24) is 9.80 Å². The van der Waals surface area contributed by atoms with E-state index >= 15 is 0 Å². The summed E-state index contributed by atoms with van der Waals surface area (Å²) in [7, 11) is 8.66. The van der Waals surface area contributed by atoms with E-state index in [1.165, 1.54) is 4.90 Å². The number of hydrogen-bond acceptors (Lipinski definition) is 10. The first-order chi connectivity index (χ1) is 18.2. The molecule has 11 nitrogen and oxygen atoms in total. The molecule has 39 heavy (non-hydrogen) atoms. The van der Waals surface area contributed by atoms with Crippen LogP contribution in [0, 0.1) is 11.8 Å². The third-order valence-electron chi connectivity index (χ3n) is 8.14. The zero-order chi connectivity index (χ0) is 29.1. The SMILES string of the molecule is C=CCN(C)Cc1cc(N(C)C)c2c(c1O)C(O)=C1C(=O)[C@]3(O)C(O)=C(C(N)=O)C(=O)[C@@H](N(C)C)[C@@H]3C[C@@H]1C2. The lowest BCUT2D eigenvalue weighted by Gasteiger charge is -2.50. The predicted molar refractivity (Wildman–Crippen MR) is 145 cm³/mol. The molecule has 1 aromatic carbocycles. The highest BCUT2D eigenvalue weighted by Crippen LogP contribution is 2.54. The fourth-order valence-corrected chi connectivity index (χ4v) is 6.44. The minimum absolute atomic E-state index is 0.0449. The van der Waals surface area contributed by atoms with Gasteiger partial charge in [-0.1, -0.05) is 6.08 Å². The molecule has 1 saturated carbocycles. The lowest BCUT2D eigenvalue weighted by atomic mass is 9.57. The number of nitrogens with two attached hydrogens (primary N) is 1. The largest absolute Gasteiger partial charge is 0.508 e. The number of hydrogen-bond donors (Lipinski definition) is 5. The van der Waals surface area contributed by atoms with Crippen LogP contribution in [0.2, 0.25) is 0 Å². The Hall–Kier alpha value is -3.67. The van der Waals surface area contributed by atoms with Gasteiger partial charge in [0.2, 0.25) is 5.78 Å². The van der Waals surface area contributed by atoms with E-state index in [0.717, 1.165) is 5.69 Å². The Bertz CT molecular complexity index is 1350. The highest BCUT2D eigenvalue weighted by atomic mass is 16.3. The van der Waals surface area contributed by atoms with Crippen molar-refractivity contribution < 1.29 is 34.8 Å². The zero-order valence-electron chi connectivity index (χ0n) is 22.9. The van der Waals surface area contributed by atoms with Crippen LogP contribution in [0.15, 0.2) is 35.6 Å². The normalized spacial score (nSPS) is 26.5. The molecule has 3 aliphatic carbocycles. The molecule has 0 bridgehead atoms. The maximum absolute atomic E-state index is 14.0. The maximum atomic E-state index is 14.0. The number of anilines is 1. The number of aliphatic hydroxyl groups excluding tert-OH is 2. The van der Waals surface area contributed by atoms with Crippen LogP contribution in [0.3, 0.4) is 0 Å². The predicted octanol–water partition coefficient (Wildman–Crippen LogP) is 0.648.